The number of benzene rings is 1. The van der Waals surface area contributed by atoms with Gasteiger partial charge in [-0.2, -0.15) is 12.7 Å². The molecule has 4 heterocycles. The fourth-order valence-electron chi connectivity index (χ4n) is 10.2. The normalized spacial score (nSPS) is 27.2. The zero-order valence-corrected chi connectivity index (χ0v) is 32.1. The van der Waals surface area contributed by atoms with Crippen LogP contribution in [0.4, 0.5) is 0 Å². The zero-order valence-electron chi connectivity index (χ0n) is 31.3. The third kappa shape index (κ3) is 6.13. The van der Waals surface area contributed by atoms with Crippen molar-refractivity contribution in [3.05, 3.63) is 63.9 Å². The minimum atomic E-state index is -3.99. The first kappa shape index (κ1) is 35.6. The van der Waals surface area contributed by atoms with Crippen molar-refractivity contribution in [3.63, 3.8) is 0 Å². The Morgan fingerprint density at radius 1 is 1.00 bits per heavy atom. The van der Waals surface area contributed by atoms with Crippen molar-refractivity contribution in [1.29, 1.82) is 0 Å². The van der Waals surface area contributed by atoms with Crippen LogP contribution >= 0.6 is 0 Å². The van der Waals surface area contributed by atoms with Crippen molar-refractivity contribution >= 4 is 32.9 Å². The first-order valence-electron chi connectivity index (χ1n) is 19.3. The van der Waals surface area contributed by atoms with Crippen LogP contribution in [0.25, 0.3) is 10.9 Å². The predicted octanol–water partition coefficient (Wildman–Crippen LogP) is 4.57. The number of methoxy groups -OCH3 is 1. The number of hydrogen-bond acceptors (Lipinski definition) is 7. The Labute approximate surface area is 308 Å². The molecule has 1 aromatic heterocycles. The van der Waals surface area contributed by atoms with Gasteiger partial charge in [0, 0.05) is 68.9 Å². The first-order valence-corrected chi connectivity index (χ1v) is 20.7. The molecule has 4 atom stereocenters. The highest BCUT2D eigenvalue weighted by molar-refractivity contribution is 7.87. The van der Waals surface area contributed by atoms with Gasteiger partial charge in [-0.3, -0.25) is 9.59 Å². The van der Waals surface area contributed by atoms with Gasteiger partial charge in [-0.25, -0.2) is 4.72 Å². The van der Waals surface area contributed by atoms with Crippen LogP contribution in [0.5, 0.6) is 5.75 Å². The second-order valence-electron chi connectivity index (χ2n) is 16.3. The molecule has 11 nitrogen and oxygen atoms in total. The van der Waals surface area contributed by atoms with Gasteiger partial charge in [0.2, 0.25) is 5.91 Å². The monoisotopic (exact) mass is 730 g/mol. The number of carbonyl (C=O) groups excluding carboxylic acids is 2. The molecule has 8 rings (SSSR count). The zero-order chi connectivity index (χ0) is 36.5. The third-order valence-corrected chi connectivity index (χ3v) is 14.1. The summed E-state index contributed by atoms with van der Waals surface area (Å²) in [5.74, 6) is 0.191. The summed E-state index contributed by atoms with van der Waals surface area (Å²) in [7, 11) is 4.72. The van der Waals surface area contributed by atoms with E-state index < -0.39 is 16.1 Å². The van der Waals surface area contributed by atoms with Crippen molar-refractivity contribution < 1.29 is 22.7 Å². The number of allylic oxidation sites excluding steroid dienone is 4. The lowest BCUT2D eigenvalue weighted by molar-refractivity contribution is -0.141. The summed E-state index contributed by atoms with van der Waals surface area (Å²) < 4.78 is 37.3. The molecule has 2 aromatic rings. The molecule has 3 fully saturated rings. The highest BCUT2D eigenvalue weighted by Crippen LogP contribution is 2.56. The van der Waals surface area contributed by atoms with E-state index in [0.29, 0.717) is 30.5 Å². The van der Waals surface area contributed by atoms with Crippen LogP contribution in [0.1, 0.15) is 87.3 Å². The molecule has 1 saturated carbocycles. The van der Waals surface area contributed by atoms with Crippen LogP contribution < -0.4 is 14.8 Å². The van der Waals surface area contributed by atoms with Crippen LogP contribution in [-0.4, -0.2) is 105 Å². The lowest BCUT2D eigenvalue weighted by Gasteiger charge is -2.43. The maximum atomic E-state index is 15.1. The Hall–Kier alpha value is -3.45. The van der Waals surface area contributed by atoms with Crippen molar-refractivity contribution in [2.45, 2.75) is 101 Å². The lowest BCUT2D eigenvalue weighted by atomic mass is 9.75. The average Bonchev–Trinajstić information content (AvgIpc) is 3.66. The van der Waals surface area contributed by atoms with E-state index in [1.54, 1.807) is 7.11 Å². The minimum Gasteiger partial charge on any atom is -0.496 e. The topological polar surface area (TPSA) is 116 Å². The molecule has 0 radical (unpaired) electrons. The highest BCUT2D eigenvalue weighted by atomic mass is 32.2. The van der Waals surface area contributed by atoms with Gasteiger partial charge in [0.1, 0.15) is 5.75 Å². The van der Waals surface area contributed by atoms with E-state index in [2.05, 4.69) is 68.9 Å². The van der Waals surface area contributed by atoms with E-state index in [1.165, 1.54) is 38.9 Å². The fourth-order valence-corrected chi connectivity index (χ4v) is 10.7. The number of fused-ring (bicyclic) bond motifs is 8. The molecule has 2 saturated heterocycles. The van der Waals surface area contributed by atoms with Crippen molar-refractivity contribution in [2.75, 3.05) is 48.4 Å². The van der Waals surface area contributed by atoms with Gasteiger partial charge in [0.05, 0.1) is 24.1 Å². The number of aromatic nitrogens is 1. The largest absolute Gasteiger partial charge is 0.496 e. The van der Waals surface area contributed by atoms with Crippen molar-refractivity contribution in [3.8, 4) is 5.75 Å². The Bertz CT molecular complexity index is 1970. The van der Waals surface area contributed by atoms with E-state index in [1.807, 2.05) is 0 Å². The maximum absolute atomic E-state index is 15.1. The molecular formula is C40H54N6O5S. The number of piperidine rings is 1. The molecular weight excluding hydrogens is 677 g/mol. The molecule has 2 bridgehead atoms. The lowest BCUT2D eigenvalue weighted by Crippen LogP contribution is -2.54. The van der Waals surface area contributed by atoms with Gasteiger partial charge in [-0.1, -0.05) is 37.5 Å². The number of rotatable bonds is 10. The van der Waals surface area contributed by atoms with Crippen molar-refractivity contribution in [1.82, 2.24) is 28.7 Å². The molecule has 2 amide bonds. The number of nitrogens with zero attached hydrogens (tertiary/aromatic N) is 4. The summed E-state index contributed by atoms with van der Waals surface area (Å²) in [5, 5.41) is 4.80. The van der Waals surface area contributed by atoms with Gasteiger partial charge < -0.3 is 24.4 Å². The molecule has 12 heteroatoms. The van der Waals surface area contributed by atoms with Crippen LogP contribution in [0.2, 0.25) is 0 Å². The van der Waals surface area contributed by atoms with E-state index in [9.17, 15) is 13.2 Å². The maximum Gasteiger partial charge on any atom is 0.303 e. The number of carbonyl (C=O) groups is 2. The Morgan fingerprint density at radius 2 is 1.73 bits per heavy atom. The summed E-state index contributed by atoms with van der Waals surface area (Å²) in [4.78, 5) is 33.3. The minimum absolute atomic E-state index is 0.202. The van der Waals surface area contributed by atoms with Crippen LogP contribution in [0.15, 0.2) is 52.6 Å². The number of likely N-dealkylation sites (N-methyl/N-ethyl adjacent to an activating group) is 1. The molecule has 280 valence electrons. The molecule has 6 aliphatic rings. The summed E-state index contributed by atoms with van der Waals surface area (Å²) in [6.45, 7) is 2.37. The van der Waals surface area contributed by atoms with Gasteiger partial charge in [0.15, 0.2) is 0 Å². The van der Waals surface area contributed by atoms with Gasteiger partial charge >= 0.3 is 10.2 Å². The van der Waals surface area contributed by atoms with Crippen LogP contribution in [0.3, 0.4) is 0 Å². The Kier molecular flexibility index (Phi) is 9.41. The molecule has 3 unspecified atom stereocenters. The number of nitrogens with one attached hydrogen (secondary N) is 2. The smallest absolute Gasteiger partial charge is 0.303 e. The molecule has 3 aliphatic carbocycles. The van der Waals surface area contributed by atoms with Crippen molar-refractivity contribution in [2.24, 2.45) is 5.92 Å². The first-order chi connectivity index (χ1) is 25.0. The third-order valence-electron chi connectivity index (χ3n) is 12.7. The number of hydrogen-bond donors (Lipinski definition) is 2. The highest BCUT2D eigenvalue weighted by Gasteiger charge is 2.51. The SMILES string of the molecule is COc1ccc(C2CCCCC2)c2c1cc1n2CC2=C(C(=O)NS(=O)(=O)N(C)C)C2=C2C=CC[C@@H](C(=O)N3C4CCC3CC(NCCN(C)C)C4)C21. The standard InChI is InChI=1S/C40H54N6O5S/c1-43(2)19-18-41-25-20-26-14-15-27(21-25)46(26)40(48)30-13-9-12-29-35(30)33-22-31-34(51-5)17-16-28(24-10-7-6-8-11-24)38(31)45(33)23-32-36(29)37(32)39(47)42-52(49,50)44(3)4/h9,12,16-17,22,24-27,30,35,41H,6-8,10-11,13-15,18-21,23H2,1-5H3,(H,42,47)/t25?,26?,27?,30-,35?/m1/s1. The molecule has 2 N–H and O–H groups in total. The molecule has 0 spiro atoms. The van der Waals surface area contributed by atoms with Crippen LogP contribution in [-0.2, 0) is 26.3 Å². The Morgan fingerprint density at radius 3 is 2.40 bits per heavy atom. The predicted molar refractivity (Wildman–Crippen MR) is 202 cm³/mol. The van der Waals surface area contributed by atoms with Gasteiger partial charge in [0.25, 0.3) is 5.91 Å². The van der Waals surface area contributed by atoms with Gasteiger partial charge in [-0.05, 0) is 99.4 Å². The van der Waals surface area contributed by atoms with E-state index in [0.717, 1.165) is 95.0 Å². The number of amides is 2. The van der Waals surface area contributed by atoms with E-state index >= 15 is 4.79 Å². The summed E-state index contributed by atoms with van der Waals surface area (Å²) >= 11 is 0. The Balaban J connectivity index is 1.21. The van der Waals surface area contributed by atoms with Gasteiger partial charge in [-0.15, -0.1) is 0 Å². The number of ether oxygens (including phenoxy) is 1. The second kappa shape index (κ2) is 13.8. The molecule has 1 aromatic carbocycles. The molecule has 3 aliphatic heterocycles. The summed E-state index contributed by atoms with van der Waals surface area (Å²) in [6.07, 6.45) is 14.7. The van der Waals surface area contributed by atoms with E-state index in [4.69, 9.17) is 4.74 Å². The average molecular weight is 731 g/mol. The van der Waals surface area contributed by atoms with Crippen LogP contribution in [0, 0.1) is 5.92 Å². The fraction of sp³-hybridized carbons (Fsp3) is 0.600. The quantitative estimate of drug-likeness (QED) is 0.368. The van der Waals surface area contributed by atoms with E-state index in [-0.39, 0.29) is 29.8 Å². The molecule has 52 heavy (non-hydrogen) atoms. The summed E-state index contributed by atoms with van der Waals surface area (Å²) in [5.41, 5.74) is 6.53. The summed E-state index contributed by atoms with van der Waals surface area (Å²) in [6, 6.07) is 7.41. The second-order valence-corrected chi connectivity index (χ2v) is 18.2.